The number of likely N-dealkylation sites (N-methyl/N-ethyl adjacent to an activating group) is 1. The van der Waals surface area contributed by atoms with E-state index in [0.717, 1.165) is 13.1 Å². The van der Waals surface area contributed by atoms with Gasteiger partial charge in [-0.05, 0) is 41.3 Å². The Balaban J connectivity index is 2.60. The van der Waals surface area contributed by atoms with Crippen LogP contribution in [0.5, 0.6) is 0 Å². The fraction of sp³-hybridized carbons (Fsp3) is 1.00. The molecule has 3 heteroatoms. The molecule has 0 aromatic rings. The summed E-state index contributed by atoms with van der Waals surface area (Å²) in [5, 5.41) is 3.62. The van der Waals surface area contributed by atoms with Crippen LogP contribution >= 0.6 is 0 Å². The highest BCUT2D eigenvalue weighted by molar-refractivity contribution is 4.84. The molecule has 1 heterocycles. The maximum Gasteiger partial charge on any atom is 0.0350 e. The normalized spacial score (nSPS) is 29.8. The first-order valence-electron chi connectivity index (χ1n) is 6.14. The molecule has 1 saturated heterocycles. The first kappa shape index (κ1) is 12.9. The molecule has 90 valence electrons. The van der Waals surface area contributed by atoms with Crippen LogP contribution in [-0.4, -0.2) is 61.7 Å². The Bertz CT molecular complexity index is 180. The van der Waals surface area contributed by atoms with E-state index < -0.39 is 0 Å². The molecular formula is C12H27N3. The maximum absolute atomic E-state index is 3.62. The van der Waals surface area contributed by atoms with Crippen molar-refractivity contribution >= 4 is 0 Å². The van der Waals surface area contributed by atoms with Gasteiger partial charge in [0.1, 0.15) is 0 Å². The molecular weight excluding hydrogens is 186 g/mol. The third kappa shape index (κ3) is 4.09. The van der Waals surface area contributed by atoms with Crippen LogP contribution in [0.1, 0.15) is 27.2 Å². The van der Waals surface area contributed by atoms with Crippen LogP contribution in [0.2, 0.25) is 0 Å². The van der Waals surface area contributed by atoms with Gasteiger partial charge >= 0.3 is 0 Å². The van der Waals surface area contributed by atoms with E-state index in [9.17, 15) is 0 Å². The standard InChI is InChI=1S/C12H27N3/c1-10(2)15-7-6-11(3)13-8-12(15)9-14(4)5/h10-13H,6-9H2,1-5H3. The second-order valence-corrected chi connectivity index (χ2v) is 5.35. The number of rotatable bonds is 3. The molecule has 0 radical (unpaired) electrons. The second kappa shape index (κ2) is 5.83. The molecule has 1 fully saturated rings. The fourth-order valence-corrected chi connectivity index (χ4v) is 2.35. The van der Waals surface area contributed by atoms with Gasteiger partial charge in [0.2, 0.25) is 0 Å². The largest absolute Gasteiger partial charge is 0.313 e. The Labute approximate surface area is 94.8 Å². The molecule has 0 saturated carbocycles. The van der Waals surface area contributed by atoms with Gasteiger partial charge in [0.15, 0.2) is 0 Å². The molecule has 0 aliphatic carbocycles. The third-order valence-electron chi connectivity index (χ3n) is 3.23. The van der Waals surface area contributed by atoms with Gasteiger partial charge in [0.25, 0.3) is 0 Å². The Hall–Kier alpha value is -0.120. The lowest BCUT2D eigenvalue weighted by molar-refractivity contribution is 0.137. The number of nitrogens with one attached hydrogen (secondary N) is 1. The van der Waals surface area contributed by atoms with Crippen molar-refractivity contribution in [2.45, 2.75) is 45.3 Å². The molecule has 1 rings (SSSR count). The summed E-state index contributed by atoms with van der Waals surface area (Å²) in [6.45, 7) is 10.4. The highest BCUT2D eigenvalue weighted by atomic mass is 15.2. The number of nitrogens with zero attached hydrogens (tertiary/aromatic N) is 2. The van der Waals surface area contributed by atoms with Crippen molar-refractivity contribution in [3.8, 4) is 0 Å². The van der Waals surface area contributed by atoms with Crippen LogP contribution in [0.25, 0.3) is 0 Å². The molecule has 0 bridgehead atoms. The summed E-state index contributed by atoms with van der Waals surface area (Å²) in [6, 6.07) is 1.98. The van der Waals surface area contributed by atoms with Gasteiger partial charge in [-0.25, -0.2) is 0 Å². The molecule has 2 unspecified atom stereocenters. The smallest absolute Gasteiger partial charge is 0.0350 e. The molecule has 0 spiro atoms. The van der Waals surface area contributed by atoms with E-state index in [0.29, 0.717) is 18.1 Å². The lowest BCUT2D eigenvalue weighted by atomic mass is 10.2. The van der Waals surface area contributed by atoms with Crippen LogP contribution < -0.4 is 5.32 Å². The Morgan fingerprint density at radius 2 is 2.07 bits per heavy atom. The molecule has 1 aliphatic rings. The van der Waals surface area contributed by atoms with Gasteiger partial charge in [-0.2, -0.15) is 0 Å². The highest BCUT2D eigenvalue weighted by Gasteiger charge is 2.25. The number of hydrogen-bond acceptors (Lipinski definition) is 3. The Morgan fingerprint density at radius 1 is 1.40 bits per heavy atom. The number of hydrogen-bond donors (Lipinski definition) is 1. The quantitative estimate of drug-likeness (QED) is 0.755. The van der Waals surface area contributed by atoms with E-state index in [1.54, 1.807) is 0 Å². The van der Waals surface area contributed by atoms with Gasteiger partial charge in [0, 0.05) is 37.8 Å². The average Bonchev–Trinajstić information content (AvgIpc) is 2.28. The SMILES string of the molecule is CC1CCN(C(C)C)C(CN(C)C)CN1. The van der Waals surface area contributed by atoms with Crippen LogP contribution in [0.4, 0.5) is 0 Å². The van der Waals surface area contributed by atoms with Crippen molar-refractivity contribution in [2.24, 2.45) is 0 Å². The first-order valence-corrected chi connectivity index (χ1v) is 6.14. The molecule has 1 aliphatic heterocycles. The molecule has 0 amide bonds. The van der Waals surface area contributed by atoms with Crippen LogP contribution in [0, 0.1) is 0 Å². The van der Waals surface area contributed by atoms with Gasteiger partial charge in [-0.15, -0.1) is 0 Å². The maximum atomic E-state index is 3.62. The topological polar surface area (TPSA) is 18.5 Å². The predicted molar refractivity (Wildman–Crippen MR) is 66.3 cm³/mol. The van der Waals surface area contributed by atoms with E-state index in [-0.39, 0.29) is 0 Å². The van der Waals surface area contributed by atoms with Gasteiger partial charge in [-0.3, -0.25) is 4.90 Å². The molecule has 0 aromatic heterocycles. The molecule has 2 atom stereocenters. The first-order chi connectivity index (χ1) is 7.00. The zero-order valence-electron chi connectivity index (χ0n) is 11.0. The summed E-state index contributed by atoms with van der Waals surface area (Å²) in [5.41, 5.74) is 0. The summed E-state index contributed by atoms with van der Waals surface area (Å²) in [5.74, 6) is 0. The Kier molecular flexibility index (Phi) is 5.03. The van der Waals surface area contributed by atoms with E-state index in [1.807, 2.05) is 0 Å². The lowest BCUT2D eigenvalue weighted by Gasteiger charge is -2.34. The minimum absolute atomic E-state index is 0.655. The van der Waals surface area contributed by atoms with E-state index in [2.05, 4.69) is 50.0 Å². The molecule has 0 aromatic carbocycles. The fourth-order valence-electron chi connectivity index (χ4n) is 2.35. The average molecular weight is 213 g/mol. The Morgan fingerprint density at radius 3 is 2.60 bits per heavy atom. The summed E-state index contributed by atoms with van der Waals surface area (Å²) < 4.78 is 0. The minimum Gasteiger partial charge on any atom is -0.313 e. The third-order valence-corrected chi connectivity index (χ3v) is 3.23. The van der Waals surface area contributed by atoms with Crippen molar-refractivity contribution in [2.75, 3.05) is 33.7 Å². The second-order valence-electron chi connectivity index (χ2n) is 5.35. The van der Waals surface area contributed by atoms with Crippen LogP contribution in [0.15, 0.2) is 0 Å². The van der Waals surface area contributed by atoms with E-state index >= 15 is 0 Å². The lowest BCUT2D eigenvalue weighted by Crippen LogP contribution is -2.49. The van der Waals surface area contributed by atoms with Crippen molar-refractivity contribution in [1.82, 2.24) is 15.1 Å². The van der Waals surface area contributed by atoms with E-state index in [1.165, 1.54) is 13.0 Å². The van der Waals surface area contributed by atoms with Crippen LogP contribution in [0.3, 0.4) is 0 Å². The zero-order valence-corrected chi connectivity index (χ0v) is 11.0. The van der Waals surface area contributed by atoms with Gasteiger partial charge in [-0.1, -0.05) is 0 Å². The zero-order chi connectivity index (χ0) is 11.4. The summed E-state index contributed by atoms with van der Waals surface area (Å²) >= 11 is 0. The summed E-state index contributed by atoms with van der Waals surface area (Å²) in [4.78, 5) is 4.92. The highest BCUT2D eigenvalue weighted by Crippen LogP contribution is 2.12. The minimum atomic E-state index is 0.655. The van der Waals surface area contributed by atoms with Gasteiger partial charge in [0.05, 0.1) is 0 Å². The summed E-state index contributed by atoms with van der Waals surface area (Å²) in [6.07, 6.45) is 1.27. The summed E-state index contributed by atoms with van der Waals surface area (Å²) in [7, 11) is 4.32. The van der Waals surface area contributed by atoms with Crippen LogP contribution in [-0.2, 0) is 0 Å². The van der Waals surface area contributed by atoms with Crippen molar-refractivity contribution < 1.29 is 0 Å². The van der Waals surface area contributed by atoms with Gasteiger partial charge < -0.3 is 10.2 Å². The van der Waals surface area contributed by atoms with Crippen molar-refractivity contribution in [3.05, 3.63) is 0 Å². The predicted octanol–water partition coefficient (Wildman–Crippen LogP) is 1.01. The molecule has 1 N–H and O–H groups in total. The monoisotopic (exact) mass is 213 g/mol. The molecule has 3 nitrogen and oxygen atoms in total. The van der Waals surface area contributed by atoms with Crippen molar-refractivity contribution in [3.63, 3.8) is 0 Å². The molecule has 15 heavy (non-hydrogen) atoms. The van der Waals surface area contributed by atoms with E-state index in [4.69, 9.17) is 0 Å². The van der Waals surface area contributed by atoms with Crippen molar-refractivity contribution in [1.29, 1.82) is 0 Å².